The van der Waals surface area contributed by atoms with Gasteiger partial charge in [-0.15, -0.1) is 0 Å². The topological polar surface area (TPSA) is 96.9 Å². The Balaban J connectivity index is 1.40. The molecule has 1 atom stereocenters. The molecule has 0 aliphatic carbocycles. The standard InChI is InChI=1S/C36H35N3O5/c1-22-18-23(2)31(28(40)19-22)33-32-34(38-37-33)36(41)39(17-16-24-10-13-27(42-3)14-11-24)35(32)26-12-15-29(30(20-26)43-4)44-21-25-8-6-5-7-9-25/h5-15,18-20,35,40H,16-17,21H2,1-4H3,(H,37,38). The number of aromatic hydroxyl groups is 1. The predicted octanol–water partition coefficient (Wildman–Crippen LogP) is 6.78. The molecule has 0 bridgehead atoms. The zero-order valence-electron chi connectivity index (χ0n) is 25.3. The van der Waals surface area contributed by atoms with Gasteiger partial charge in [-0.2, -0.15) is 5.10 Å². The third-order valence-electron chi connectivity index (χ3n) is 8.10. The zero-order chi connectivity index (χ0) is 30.8. The largest absolute Gasteiger partial charge is 0.507 e. The lowest BCUT2D eigenvalue weighted by Crippen LogP contribution is -2.31. The van der Waals surface area contributed by atoms with Gasteiger partial charge in [0, 0.05) is 17.7 Å². The predicted molar refractivity (Wildman–Crippen MR) is 169 cm³/mol. The Labute approximate surface area is 256 Å². The summed E-state index contributed by atoms with van der Waals surface area (Å²) in [5, 5.41) is 18.6. The highest BCUT2D eigenvalue weighted by Gasteiger charge is 2.43. The second kappa shape index (κ2) is 12.2. The SMILES string of the molecule is COc1ccc(CCN2C(=O)c3[nH]nc(-c4c(C)cc(C)cc4O)c3C2c2ccc(OCc3ccccc3)c(OC)c2)cc1. The smallest absolute Gasteiger partial charge is 0.273 e. The molecule has 1 aromatic heterocycles. The summed E-state index contributed by atoms with van der Waals surface area (Å²) in [5.74, 6) is 1.93. The van der Waals surface area contributed by atoms with Crippen LogP contribution in [0, 0.1) is 13.8 Å². The molecule has 6 rings (SSSR count). The van der Waals surface area contributed by atoms with Crippen LogP contribution in [0.25, 0.3) is 11.3 Å². The Kier molecular flexibility index (Phi) is 7.98. The summed E-state index contributed by atoms with van der Waals surface area (Å²) >= 11 is 0. The van der Waals surface area contributed by atoms with Crippen molar-refractivity contribution in [3.05, 3.63) is 124 Å². The highest BCUT2D eigenvalue weighted by atomic mass is 16.5. The number of aromatic nitrogens is 2. The minimum absolute atomic E-state index is 0.127. The molecular formula is C36H35N3O5. The van der Waals surface area contributed by atoms with Crippen LogP contribution in [-0.4, -0.2) is 46.9 Å². The van der Waals surface area contributed by atoms with Gasteiger partial charge in [-0.05, 0) is 78.4 Å². The fraction of sp³-hybridized carbons (Fsp3) is 0.222. The summed E-state index contributed by atoms with van der Waals surface area (Å²) in [6, 6.07) is 26.8. The molecule has 0 spiro atoms. The molecule has 0 saturated heterocycles. The monoisotopic (exact) mass is 589 g/mol. The number of aromatic amines is 1. The number of rotatable bonds is 10. The van der Waals surface area contributed by atoms with Gasteiger partial charge in [0.25, 0.3) is 5.91 Å². The number of methoxy groups -OCH3 is 2. The summed E-state index contributed by atoms with van der Waals surface area (Å²) in [6.45, 7) is 4.74. The number of carbonyl (C=O) groups excluding carboxylic acids is 1. The van der Waals surface area contributed by atoms with E-state index in [1.807, 2.05) is 97.6 Å². The van der Waals surface area contributed by atoms with Crippen LogP contribution in [0.5, 0.6) is 23.0 Å². The van der Waals surface area contributed by atoms with Crippen LogP contribution < -0.4 is 14.2 Å². The van der Waals surface area contributed by atoms with Crippen LogP contribution in [0.4, 0.5) is 0 Å². The maximum Gasteiger partial charge on any atom is 0.273 e. The van der Waals surface area contributed by atoms with Crippen molar-refractivity contribution in [1.82, 2.24) is 15.1 Å². The van der Waals surface area contributed by atoms with E-state index < -0.39 is 6.04 Å². The average molecular weight is 590 g/mol. The summed E-state index contributed by atoms with van der Waals surface area (Å²) in [5.41, 5.74) is 7.12. The Morgan fingerprint density at radius 3 is 2.36 bits per heavy atom. The van der Waals surface area contributed by atoms with Crippen LogP contribution in [-0.2, 0) is 13.0 Å². The van der Waals surface area contributed by atoms with Crippen molar-refractivity contribution < 1.29 is 24.1 Å². The summed E-state index contributed by atoms with van der Waals surface area (Å²) < 4.78 is 17.2. The van der Waals surface area contributed by atoms with Crippen LogP contribution in [0.15, 0.2) is 84.9 Å². The molecule has 8 nitrogen and oxygen atoms in total. The lowest BCUT2D eigenvalue weighted by molar-refractivity contribution is 0.0745. The first kappa shape index (κ1) is 28.9. The van der Waals surface area contributed by atoms with Crippen molar-refractivity contribution in [2.45, 2.75) is 32.9 Å². The molecule has 1 aliphatic heterocycles. The fourth-order valence-electron chi connectivity index (χ4n) is 5.97. The average Bonchev–Trinajstić information content (AvgIpc) is 3.57. The second-order valence-corrected chi connectivity index (χ2v) is 11.0. The molecule has 1 unspecified atom stereocenters. The van der Waals surface area contributed by atoms with Gasteiger partial charge in [-0.25, -0.2) is 0 Å². The molecule has 44 heavy (non-hydrogen) atoms. The van der Waals surface area contributed by atoms with Gasteiger partial charge in [0.05, 0.1) is 20.3 Å². The van der Waals surface area contributed by atoms with Crippen molar-refractivity contribution >= 4 is 5.91 Å². The molecule has 5 aromatic rings. The highest BCUT2D eigenvalue weighted by molar-refractivity contribution is 6.00. The van der Waals surface area contributed by atoms with E-state index in [2.05, 4.69) is 10.2 Å². The number of benzene rings is 4. The van der Waals surface area contributed by atoms with Gasteiger partial charge >= 0.3 is 0 Å². The molecule has 0 saturated carbocycles. The van der Waals surface area contributed by atoms with E-state index in [1.54, 1.807) is 20.3 Å². The molecule has 2 N–H and O–H groups in total. The van der Waals surface area contributed by atoms with Gasteiger partial charge in [0.15, 0.2) is 11.5 Å². The van der Waals surface area contributed by atoms with Crippen molar-refractivity contribution in [3.8, 4) is 34.3 Å². The number of carbonyl (C=O) groups is 1. The van der Waals surface area contributed by atoms with Crippen LogP contribution in [0.2, 0.25) is 0 Å². The number of nitrogens with zero attached hydrogens (tertiary/aromatic N) is 2. The quantitative estimate of drug-likeness (QED) is 0.186. The van der Waals surface area contributed by atoms with Gasteiger partial charge in [0.1, 0.15) is 29.5 Å². The van der Waals surface area contributed by atoms with E-state index in [1.165, 1.54) is 0 Å². The minimum Gasteiger partial charge on any atom is -0.507 e. The van der Waals surface area contributed by atoms with E-state index in [9.17, 15) is 9.90 Å². The Hall–Kier alpha value is -5.24. The van der Waals surface area contributed by atoms with Crippen molar-refractivity contribution in [1.29, 1.82) is 0 Å². The van der Waals surface area contributed by atoms with E-state index in [-0.39, 0.29) is 11.7 Å². The summed E-state index contributed by atoms with van der Waals surface area (Å²) in [4.78, 5) is 15.8. The minimum atomic E-state index is -0.471. The molecule has 4 aromatic carbocycles. The van der Waals surface area contributed by atoms with Crippen LogP contribution >= 0.6 is 0 Å². The Bertz CT molecular complexity index is 1770. The first-order chi connectivity index (χ1) is 21.4. The molecule has 224 valence electrons. The number of aryl methyl sites for hydroxylation is 2. The van der Waals surface area contributed by atoms with Crippen molar-refractivity contribution in [2.24, 2.45) is 0 Å². The number of amides is 1. The van der Waals surface area contributed by atoms with E-state index in [0.29, 0.717) is 48.0 Å². The maximum atomic E-state index is 14.0. The van der Waals surface area contributed by atoms with E-state index in [0.717, 1.165) is 39.1 Å². The number of hydrogen-bond donors (Lipinski definition) is 2. The third-order valence-corrected chi connectivity index (χ3v) is 8.10. The van der Waals surface area contributed by atoms with Crippen LogP contribution in [0.1, 0.15) is 49.9 Å². The van der Waals surface area contributed by atoms with Gasteiger partial charge < -0.3 is 24.2 Å². The van der Waals surface area contributed by atoms with Gasteiger partial charge in [-0.3, -0.25) is 9.89 Å². The summed E-state index contributed by atoms with van der Waals surface area (Å²) in [6.07, 6.45) is 0.642. The Morgan fingerprint density at radius 2 is 1.66 bits per heavy atom. The number of H-pyrrole nitrogens is 1. The Morgan fingerprint density at radius 1 is 0.886 bits per heavy atom. The second-order valence-electron chi connectivity index (χ2n) is 11.0. The third kappa shape index (κ3) is 5.46. The number of nitrogens with one attached hydrogen (secondary N) is 1. The van der Waals surface area contributed by atoms with Crippen LogP contribution in [0.3, 0.4) is 0 Å². The van der Waals surface area contributed by atoms with E-state index >= 15 is 0 Å². The number of hydrogen-bond acceptors (Lipinski definition) is 6. The maximum absolute atomic E-state index is 14.0. The number of phenols is 1. The summed E-state index contributed by atoms with van der Waals surface area (Å²) in [7, 11) is 3.25. The molecule has 1 amide bonds. The number of phenolic OH excluding ortho intramolecular Hbond substituents is 1. The van der Waals surface area contributed by atoms with Gasteiger partial charge in [0.2, 0.25) is 0 Å². The number of fused-ring (bicyclic) bond motifs is 1. The highest BCUT2D eigenvalue weighted by Crippen LogP contribution is 2.47. The van der Waals surface area contributed by atoms with Crippen molar-refractivity contribution in [3.63, 3.8) is 0 Å². The van der Waals surface area contributed by atoms with Gasteiger partial charge in [-0.1, -0.05) is 54.6 Å². The lowest BCUT2D eigenvalue weighted by Gasteiger charge is -2.27. The number of ether oxygens (including phenoxy) is 3. The first-order valence-electron chi connectivity index (χ1n) is 14.5. The first-order valence-corrected chi connectivity index (χ1v) is 14.5. The fourth-order valence-corrected chi connectivity index (χ4v) is 5.97. The zero-order valence-corrected chi connectivity index (χ0v) is 25.3. The molecule has 1 aliphatic rings. The molecule has 0 radical (unpaired) electrons. The normalized spacial score (nSPS) is 14.0. The molecule has 0 fully saturated rings. The molecule has 8 heteroatoms. The molecule has 2 heterocycles. The van der Waals surface area contributed by atoms with E-state index in [4.69, 9.17) is 14.2 Å². The molecular weight excluding hydrogens is 554 g/mol. The van der Waals surface area contributed by atoms with Crippen molar-refractivity contribution in [2.75, 3.05) is 20.8 Å². The lowest BCUT2D eigenvalue weighted by atomic mass is 9.93.